The molecule has 0 unspecified atom stereocenters. The van der Waals surface area contributed by atoms with E-state index in [4.69, 9.17) is 0 Å². The highest BCUT2D eigenvalue weighted by atomic mass is 32.2. The lowest BCUT2D eigenvalue weighted by Gasteiger charge is -2.06. The van der Waals surface area contributed by atoms with Gasteiger partial charge in [-0.05, 0) is 48.6 Å². The fraction of sp³-hybridized carbons (Fsp3) is 0.250. The van der Waals surface area contributed by atoms with Crippen LogP contribution in [-0.2, 0) is 19.9 Å². The lowest BCUT2D eigenvalue weighted by atomic mass is 10.0. The number of Topliss-reactive ketones (excluding diaryl/α,β-unsaturated/α-hetero) is 1. The van der Waals surface area contributed by atoms with Crippen molar-refractivity contribution in [3.63, 3.8) is 0 Å². The molecule has 1 aliphatic rings. The third kappa shape index (κ3) is 3.17. The quantitative estimate of drug-likeness (QED) is 0.503. The molecule has 3 aromatic rings. The number of rotatable bonds is 5. The maximum atomic E-state index is 14.0. The summed E-state index contributed by atoms with van der Waals surface area (Å²) in [5, 5.41) is 8.79. The van der Waals surface area contributed by atoms with Crippen LogP contribution in [0.4, 0.5) is 4.39 Å². The fourth-order valence-electron chi connectivity index (χ4n) is 3.28. The van der Waals surface area contributed by atoms with E-state index in [1.54, 1.807) is 29.8 Å². The number of nitrogens with zero attached hydrogens (tertiary/aromatic N) is 3. The average molecular weight is 367 g/mol. The molecule has 132 valence electrons. The molecule has 1 heterocycles. The number of carbonyl (C=O) groups is 1. The van der Waals surface area contributed by atoms with Gasteiger partial charge in [0.15, 0.2) is 16.8 Å². The summed E-state index contributed by atoms with van der Waals surface area (Å²) in [7, 11) is 1.78. The van der Waals surface area contributed by atoms with Crippen molar-refractivity contribution in [1.82, 2.24) is 14.8 Å². The van der Waals surface area contributed by atoms with E-state index in [0.717, 1.165) is 18.4 Å². The Morgan fingerprint density at radius 1 is 1.15 bits per heavy atom. The number of hydrogen-bond acceptors (Lipinski definition) is 4. The van der Waals surface area contributed by atoms with Gasteiger partial charge in [-0.25, -0.2) is 4.39 Å². The molecule has 1 aliphatic carbocycles. The minimum absolute atomic E-state index is 0.0696. The number of hydrogen-bond donors (Lipinski definition) is 0. The summed E-state index contributed by atoms with van der Waals surface area (Å²) in [6, 6.07) is 12.5. The van der Waals surface area contributed by atoms with Crippen molar-refractivity contribution < 1.29 is 9.18 Å². The van der Waals surface area contributed by atoms with Crippen LogP contribution in [0.5, 0.6) is 0 Å². The van der Waals surface area contributed by atoms with Gasteiger partial charge in [0.05, 0.1) is 11.3 Å². The van der Waals surface area contributed by atoms with E-state index in [2.05, 4.69) is 16.3 Å². The van der Waals surface area contributed by atoms with Gasteiger partial charge in [-0.15, -0.1) is 10.2 Å². The summed E-state index contributed by atoms with van der Waals surface area (Å²) >= 11 is 1.32. The summed E-state index contributed by atoms with van der Waals surface area (Å²) in [6.45, 7) is 0. The van der Waals surface area contributed by atoms with Crippen molar-refractivity contribution >= 4 is 17.5 Å². The molecule has 2 aromatic carbocycles. The van der Waals surface area contributed by atoms with Gasteiger partial charge in [0, 0.05) is 12.6 Å². The Morgan fingerprint density at radius 2 is 1.96 bits per heavy atom. The van der Waals surface area contributed by atoms with Gasteiger partial charge in [0.1, 0.15) is 5.82 Å². The largest absolute Gasteiger partial charge is 0.305 e. The van der Waals surface area contributed by atoms with E-state index in [9.17, 15) is 9.18 Å². The standard InChI is InChI=1S/C20H18FN3OS/c1-24-19(16-7-2-3-8-17(16)21)22-23-20(24)26-12-18(25)15-10-9-13-5-4-6-14(13)11-15/h2-3,7-11H,4-6,12H2,1H3. The summed E-state index contributed by atoms with van der Waals surface area (Å²) < 4.78 is 15.7. The first kappa shape index (κ1) is 17.0. The van der Waals surface area contributed by atoms with Crippen molar-refractivity contribution in [2.75, 3.05) is 5.75 Å². The van der Waals surface area contributed by atoms with Gasteiger partial charge in [-0.3, -0.25) is 4.79 Å². The van der Waals surface area contributed by atoms with Crippen molar-refractivity contribution in [3.8, 4) is 11.4 Å². The van der Waals surface area contributed by atoms with Crippen LogP contribution in [-0.4, -0.2) is 26.3 Å². The number of fused-ring (bicyclic) bond motifs is 1. The summed E-state index contributed by atoms with van der Waals surface area (Å²) in [4.78, 5) is 12.5. The summed E-state index contributed by atoms with van der Waals surface area (Å²) in [5.41, 5.74) is 3.80. The Balaban J connectivity index is 1.49. The SMILES string of the molecule is Cn1c(SCC(=O)c2ccc3c(c2)CCC3)nnc1-c1ccccc1F. The van der Waals surface area contributed by atoms with Crippen LogP contribution in [0, 0.1) is 5.82 Å². The number of aryl methyl sites for hydroxylation is 2. The lowest BCUT2D eigenvalue weighted by molar-refractivity contribution is 0.102. The third-order valence-electron chi connectivity index (χ3n) is 4.70. The molecule has 4 rings (SSSR count). The van der Waals surface area contributed by atoms with Gasteiger partial charge in [-0.2, -0.15) is 0 Å². The van der Waals surface area contributed by atoms with Crippen LogP contribution in [0.3, 0.4) is 0 Å². The second kappa shape index (κ2) is 7.03. The van der Waals surface area contributed by atoms with Crippen molar-refractivity contribution in [2.24, 2.45) is 7.05 Å². The normalized spacial score (nSPS) is 13.0. The molecule has 6 heteroatoms. The Labute approximate surface area is 155 Å². The van der Waals surface area contributed by atoms with Gasteiger partial charge in [-0.1, -0.05) is 36.0 Å². The van der Waals surface area contributed by atoms with Crippen molar-refractivity contribution in [3.05, 3.63) is 65.0 Å². The first-order valence-electron chi connectivity index (χ1n) is 8.55. The topological polar surface area (TPSA) is 47.8 Å². The molecule has 0 amide bonds. The van der Waals surface area contributed by atoms with Crippen molar-refractivity contribution in [2.45, 2.75) is 24.4 Å². The molecule has 0 bridgehead atoms. The van der Waals surface area contributed by atoms with Crippen LogP contribution >= 0.6 is 11.8 Å². The molecule has 4 nitrogen and oxygen atoms in total. The molecule has 0 aliphatic heterocycles. The maximum absolute atomic E-state index is 14.0. The fourth-order valence-corrected chi connectivity index (χ4v) is 4.08. The Hall–Kier alpha value is -2.47. The minimum Gasteiger partial charge on any atom is -0.305 e. The predicted octanol–water partition coefficient (Wildman–Crippen LogP) is 4.08. The van der Waals surface area contributed by atoms with Gasteiger partial charge < -0.3 is 4.57 Å². The molecular formula is C20H18FN3OS. The Kier molecular flexibility index (Phi) is 4.59. The molecule has 0 radical (unpaired) electrons. The zero-order valence-electron chi connectivity index (χ0n) is 14.4. The van der Waals surface area contributed by atoms with E-state index >= 15 is 0 Å². The Bertz CT molecular complexity index is 983. The first-order chi connectivity index (χ1) is 12.6. The van der Waals surface area contributed by atoms with Gasteiger partial charge in [0.2, 0.25) is 0 Å². The van der Waals surface area contributed by atoms with Crippen LogP contribution in [0.25, 0.3) is 11.4 Å². The number of carbonyl (C=O) groups excluding carboxylic acids is 1. The van der Waals surface area contributed by atoms with E-state index < -0.39 is 0 Å². The molecule has 26 heavy (non-hydrogen) atoms. The predicted molar refractivity (Wildman–Crippen MR) is 99.9 cm³/mol. The summed E-state index contributed by atoms with van der Waals surface area (Å²) in [5.74, 6) is 0.465. The molecule has 0 atom stereocenters. The van der Waals surface area contributed by atoms with Gasteiger partial charge >= 0.3 is 0 Å². The van der Waals surface area contributed by atoms with E-state index in [1.165, 1.54) is 35.4 Å². The average Bonchev–Trinajstić information content (AvgIpc) is 3.26. The summed E-state index contributed by atoms with van der Waals surface area (Å²) in [6.07, 6.45) is 3.33. The second-order valence-corrected chi connectivity index (χ2v) is 7.34. The molecule has 0 N–H and O–H groups in total. The van der Waals surface area contributed by atoms with Gasteiger partial charge in [0.25, 0.3) is 0 Å². The minimum atomic E-state index is -0.339. The molecule has 1 aromatic heterocycles. The Morgan fingerprint density at radius 3 is 2.81 bits per heavy atom. The smallest absolute Gasteiger partial charge is 0.191 e. The van der Waals surface area contributed by atoms with Crippen LogP contribution < -0.4 is 0 Å². The molecule has 0 saturated carbocycles. The van der Waals surface area contributed by atoms with Crippen LogP contribution in [0.15, 0.2) is 47.6 Å². The third-order valence-corrected chi connectivity index (χ3v) is 5.72. The zero-order valence-corrected chi connectivity index (χ0v) is 15.2. The number of ketones is 1. The number of thioether (sulfide) groups is 1. The first-order valence-corrected chi connectivity index (χ1v) is 9.54. The zero-order chi connectivity index (χ0) is 18.1. The number of benzene rings is 2. The second-order valence-electron chi connectivity index (χ2n) is 6.39. The van der Waals surface area contributed by atoms with Crippen molar-refractivity contribution in [1.29, 1.82) is 0 Å². The van der Waals surface area contributed by atoms with Crippen LogP contribution in [0.2, 0.25) is 0 Å². The van der Waals surface area contributed by atoms with E-state index in [1.807, 2.05) is 12.1 Å². The highest BCUT2D eigenvalue weighted by Gasteiger charge is 2.17. The monoisotopic (exact) mass is 367 g/mol. The maximum Gasteiger partial charge on any atom is 0.191 e. The highest BCUT2D eigenvalue weighted by Crippen LogP contribution is 2.26. The van der Waals surface area contributed by atoms with E-state index in [-0.39, 0.29) is 17.4 Å². The lowest BCUT2D eigenvalue weighted by Crippen LogP contribution is -2.05. The molecule has 0 spiro atoms. The van der Waals surface area contributed by atoms with E-state index in [0.29, 0.717) is 16.5 Å². The molecule has 0 saturated heterocycles. The highest BCUT2D eigenvalue weighted by molar-refractivity contribution is 7.99. The number of halogens is 1. The number of aromatic nitrogens is 3. The van der Waals surface area contributed by atoms with Crippen LogP contribution in [0.1, 0.15) is 27.9 Å². The molecular weight excluding hydrogens is 349 g/mol. The molecule has 0 fully saturated rings.